The van der Waals surface area contributed by atoms with Crippen LogP contribution >= 0.6 is 0 Å². The normalized spacial score (nSPS) is 20.5. The summed E-state index contributed by atoms with van der Waals surface area (Å²) in [5, 5.41) is 4.44. The number of benzene rings is 1. The van der Waals surface area contributed by atoms with Crippen LogP contribution in [-0.4, -0.2) is 53.1 Å². The number of rotatable bonds is 6. The number of nitrogens with zero attached hydrogens (tertiary/aromatic N) is 3. The minimum atomic E-state index is 0.0273. The third-order valence-corrected chi connectivity index (χ3v) is 5.88. The number of likely N-dealkylation sites (N-methyl/N-ethyl adjacent to an activating group) is 1. The highest BCUT2D eigenvalue weighted by Crippen LogP contribution is 2.33. The summed E-state index contributed by atoms with van der Waals surface area (Å²) in [7, 11) is 1.94. The van der Waals surface area contributed by atoms with E-state index in [0.29, 0.717) is 29.6 Å². The van der Waals surface area contributed by atoms with Gasteiger partial charge in [0, 0.05) is 25.5 Å². The smallest absolute Gasteiger partial charge is 0.254 e. The van der Waals surface area contributed by atoms with Crippen LogP contribution in [0.1, 0.15) is 41.5 Å². The third kappa shape index (κ3) is 3.71. The molecular formula is C21H29N4O3+. The number of quaternary nitrogens is 1. The number of aryl methyl sites for hydroxylation is 2. The molecule has 1 unspecified atom stereocenters. The van der Waals surface area contributed by atoms with Crippen molar-refractivity contribution in [3.63, 3.8) is 0 Å². The Morgan fingerprint density at radius 1 is 1.32 bits per heavy atom. The molecule has 1 aromatic carbocycles. The second-order valence-corrected chi connectivity index (χ2v) is 7.76. The van der Waals surface area contributed by atoms with E-state index in [4.69, 9.17) is 9.47 Å². The van der Waals surface area contributed by atoms with Gasteiger partial charge in [-0.3, -0.25) is 9.48 Å². The zero-order valence-electron chi connectivity index (χ0n) is 16.9. The highest BCUT2D eigenvalue weighted by molar-refractivity contribution is 5.95. The number of fused-ring (bicyclic) bond motifs is 1. The van der Waals surface area contributed by atoms with Gasteiger partial charge in [0.2, 0.25) is 6.79 Å². The van der Waals surface area contributed by atoms with Crippen LogP contribution in [0.3, 0.4) is 0 Å². The van der Waals surface area contributed by atoms with E-state index < -0.39 is 0 Å². The maximum absolute atomic E-state index is 13.4. The molecule has 7 nitrogen and oxygen atoms in total. The summed E-state index contributed by atoms with van der Waals surface area (Å²) in [4.78, 5) is 17.0. The summed E-state index contributed by atoms with van der Waals surface area (Å²) >= 11 is 0. The molecule has 1 aromatic heterocycles. The Hall–Kier alpha value is -2.54. The Bertz CT molecular complexity index is 863. The van der Waals surface area contributed by atoms with Gasteiger partial charge in [-0.1, -0.05) is 0 Å². The van der Waals surface area contributed by atoms with E-state index in [-0.39, 0.29) is 12.7 Å². The van der Waals surface area contributed by atoms with E-state index in [1.54, 1.807) is 11.0 Å². The topological polar surface area (TPSA) is 61.0 Å². The van der Waals surface area contributed by atoms with Crippen LogP contribution in [0.15, 0.2) is 24.3 Å². The van der Waals surface area contributed by atoms with Crippen molar-refractivity contribution in [3.8, 4) is 11.5 Å². The lowest BCUT2D eigenvalue weighted by atomic mass is 10.1. The molecule has 0 radical (unpaired) electrons. The maximum atomic E-state index is 13.4. The third-order valence-electron chi connectivity index (χ3n) is 5.88. The zero-order chi connectivity index (χ0) is 19.7. The number of ether oxygens (including phenoxy) is 2. The van der Waals surface area contributed by atoms with Gasteiger partial charge in [-0.15, -0.1) is 0 Å². The molecule has 2 aliphatic heterocycles. The van der Waals surface area contributed by atoms with Crippen molar-refractivity contribution in [1.29, 1.82) is 0 Å². The lowest BCUT2D eigenvalue weighted by Crippen LogP contribution is -3.14. The fourth-order valence-electron chi connectivity index (χ4n) is 4.37. The monoisotopic (exact) mass is 385 g/mol. The molecule has 2 aliphatic rings. The summed E-state index contributed by atoms with van der Waals surface area (Å²) in [6.45, 7) is 8.01. The Kier molecular flexibility index (Phi) is 5.26. The predicted octanol–water partition coefficient (Wildman–Crippen LogP) is 1.17. The molecule has 1 saturated heterocycles. The molecule has 0 aliphatic carbocycles. The predicted molar refractivity (Wildman–Crippen MR) is 105 cm³/mol. The second kappa shape index (κ2) is 7.83. The molecule has 0 spiro atoms. The van der Waals surface area contributed by atoms with Gasteiger partial charge in [0.15, 0.2) is 11.5 Å². The van der Waals surface area contributed by atoms with Crippen molar-refractivity contribution >= 4 is 5.91 Å². The van der Waals surface area contributed by atoms with E-state index in [9.17, 15) is 4.79 Å². The molecule has 1 amide bonds. The molecule has 1 N–H and O–H groups in total. The standard InChI is InChI=1S/C21H28N4O3/c1-4-24-9-5-6-17(24)12-25(13-18-10-15(2)22-23(18)3)21(26)16-7-8-19-20(11-16)28-14-27-19/h7-8,10-11,17H,4-6,9,12-14H2,1-3H3/p+1/t17-/m0/s1. The Labute approximate surface area is 165 Å². The van der Waals surface area contributed by atoms with Crippen LogP contribution in [0.25, 0.3) is 0 Å². The molecule has 0 saturated carbocycles. The number of likely N-dealkylation sites (tertiary alicyclic amines) is 1. The number of hydrogen-bond acceptors (Lipinski definition) is 4. The molecule has 0 bridgehead atoms. The van der Waals surface area contributed by atoms with Crippen LogP contribution in [0.5, 0.6) is 11.5 Å². The number of hydrogen-bond donors (Lipinski definition) is 1. The van der Waals surface area contributed by atoms with Crippen LogP contribution in [0.4, 0.5) is 0 Å². The molecule has 28 heavy (non-hydrogen) atoms. The van der Waals surface area contributed by atoms with Gasteiger partial charge in [-0.25, -0.2) is 0 Å². The SMILES string of the molecule is CC[NH+]1CCC[C@H]1CN(Cc1cc(C)nn1C)C(=O)c1ccc2c(c1)OCO2. The number of amides is 1. The Balaban J connectivity index is 1.59. The average Bonchev–Trinajstić information content (AvgIpc) is 3.40. The molecule has 7 heteroatoms. The van der Waals surface area contributed by atoms with E-state index >= 15 is 0 Å². The van der Waals surface area contributed by atoms with E-state index in [1.165, 1.54) is 19.4 Å². The van der Waals surface area contributed by atoms with Crippen molar-refractivity contribution in [2.45, 2.75) is 39.3 Å². The first kappa shape index (κ1) is 18.8. The summed E-state index contributed by atoms with van der Waals surface area (Å²) < 4.78 is 12.7. The number of carbonyl (C=O) groups excluding carboxylic acids is 1. The highest BCUT2D eigenvalue weighted by Gasteiger charge is 2.31. The maximum Gasteiger partial charge on any atom is 0.254 e. The average molecular weight is 385 g/mol. The molecule has 150 valence electrons. The highest BCUT2D eigenvalue weighted by atomic mass is 16.7. The van der Waals surface area contributed by atoms with Crippen LogP contribution in [-0.2, 0) is 13.6 Å². The van der Waals surface area contributed by atoms with Gasteiger partial charge in [0.25, 0.3) is 5.91 Å². The van der Waals surface area contributed by atoms with Crippen molar-refractivity contribution < 1.29 is 19.2 Å². The fraction of sp³-hybridized carbons (Fsp3) is 0.524. The number of aromatic nitrogens is 2. The first-order valence-electron chi connectivity index (χ1n) is 10.1. The van der Waals surface area contributed by atoms with Crippen molar-refractivity contribution in [3.05, 3.63) is 41.2 Å². The van der Waals surface area contributed by atoms with Gasteiger partial charge < -0.3 is 19.3 Å². The van der Waals surface area contributed by atoms with Gasteiger partial charge in [-0.05, 0) is 38.1 Å². The molecular weight excluding hydrogens is 356 g/mol. The fourth-order valence-corrected chi connectivity index (χ4v) is 4.37. The lowest BCUT2D eigenvalue weighted by Gasteiger charge is -2.28. The second-order valence-electron chi connectivity index (χ2n) is 7.76. The van der Waals surface area contributed by atoms with Crippen LogP contribution in [0, 0.1) is 6.92 Å². The van der Waals surface area contributed by atoms with E-state index in [0.717, 1.165) is 24.5 Å². The Morgan fingerprint density at radius 3 is 2.89 bits per heavy atom. The molecule has 2 aromatic rings. The summed E-state index contributed by atoms with van der Waals surface area (Å²) in [6.07, 6.45) is 2.39. The van der Waals surface area contributed by atoms with Crippen LogP contribution < -0.4 is 14.4 Å². The van der Waals surface area contributed by atoms with Crippen LogP contribution in [0.2, 0.25) is 0 Å². The van der Waals surface area contributed by atoms with Gasteiger partial charge in [0.1, 0.15) is 6.04 Å². The number of nitrogens with one attached hydrogen (secondary N) is 1. The molecule has 2 atom stereocenters. The summed E-state index contributed by atoms with van der Waals surface area (Å²) in [6, 6.07) is 7.99. The zero-order valence-corrected chi connectivity index (χ0v) is 16.9. The molecule has 1 fully saturated rings. The molecule has 3 heterocycles. The lowest BCUT2D eigenvalue weighted by molar-refractivity contribution is -0.909. The summed E-state index contributed by atoms with van der Waals surface area (Å²) in [5.41, 5.74) is 2.65. The summed E-state index contributed by atoms with van der Waals surface area (Å²) in [5.74, 6) is 1.37. The minimum Gasteiger partial charge on any atom is -0.454 e. The largest absolute Gasteiger partial charge is 0.454 e. The van der Waals surface area contributed by atoms with Crippen molar-refractivity contribution in [2.75, 3.05) is 26.4 Å². The molecule has 4 rings (SSSR count). The first-order valence-corrected chi connectivity index (χ1v) is 10.1. The minimum absolute atomic E-state index is 0.0273. The van der Waals surface area contributed by atoms with Gasteiger partial charge in [0.05, 0.1) is 37.6 Å². The quantitative estimate of drug-likeness (QED) is 0.811. The first-order chi connectivity index (χ1) is 13.5. The van der Waals surface area contributed by atoms with E-state index in [1.807, 2.05) is 35.7 Å². The van der Waals surface area contributed by atoms with E-state index in [2.05, 4.69) is 18.1 Å². The van der Waals surface area contributed by atoms with Gasteiger partial charge in [-0.2, -0.15) is 5.10 Å². The van der Waals surface area contributed by atoms with Gasteiger partial charge >= 0.3 is 0 Å². The van der Waals surface area contributed by atoms with Crippen molar-refractivity contribution in [1.82, 2.24) is 14.7 Å². The van der Waals surface area contributed by atoms with Crippen molar-refractivity contribution in [2.24, 2.45) is 7.05 Å². The number of carbonyl (C=O) groups is 1. The Morgan fingerprint density at radius 2 is 2.14 bits per heavy atom.